The first kappa shape index (κ1) is 20.4. The molecule has 1 atom stereocenters. The van der Waals surface area contributed by atoms with E-state index in [1.165, 1.54) is 6.20 Å². The van der Waals surface area contributed by atoms with Crippen LogP contribution in [-0.2, 0) is 17.4 Å². The Balaban J connectivity index is 1.38. The minimum atomic E-state index is -4.44. The maximum atomic E-state index is 12.8. The number of nitrogens with one attached hydrogen (secondary N) is 1. The van der Waals surface area contributed by atoms with Crippen LogP contribution in [0.4, 0.5) is 24.7 Å². The number of likely N-dealkylation sites (N-methyl/N-ethyl adjacent to an activating group) is 1. The minimum Gasteiger partial charge on any atom is -0.489 e. The lowest BCUT2D eigenvalue weighted by Crippen LogP contribution is -2.45. The van der Waals surface area contributed by atoms with Crippen molar-refractivity contribution in [2.45, 2.75) is 51.4 Å². The van der Waals surface area contributed by atoms with Gasteiger partial charge in [-0.2, -0.15) is 13.2 Å². The lowest BCUT2D eigenvalue weighted by atomic mass is 9.80. The van der Waals surface area contributed by atoms with Gasteiger partial charge < -0.3 is 15.0 Å². The number of carbonyl (C=O) groups excluding carboxylic acids is 1. The average molecular weight is 421 g/mol. The topological polar surface area (TPSA) is 80.2 Å². The molecule has 0 bridgehead atoms. The molecule has 1 N–H and O–H groups in total. The van der Waals surface area contributed by atoms with Gasteiger partial charge in [-0.3, -0.25) is 9.78 Å². The summed E-state index contributed by atoms with van der Waals surface area (Å²) in [5.74, 6) is 1.71. The number of alkyl halides is 3. The van der Waals surface area contributed by atoms with Crippen molar-refractivity contribution in [1.29, 1.82) is 0 Å². The molecule has 1 aliphatic carbocycles. The Bertz CT molecular complexity index is 975. The Morgan fingerprint density at radius 3 is 2.70 bits per heavy atom. The first-order valence-corrected chi connectivity index (χ1v) is 9.72. The zero-order valence-electron chi connectivity index (χ0n) is 16.8. The number of carbonyl (C=O) groups is 1. The van der Waals surface area contributed by atoms with Gasteiger partial charge in [-0.1, -0.05) is 0 Å². The molecule has 30 heavy (non-hydrogen) atoms. The van der Waals surface area contributed by atoms with Crippen LogP contribution in [0.15, 0.2) is 18.5 Å². The highest BCUT2D eigenvalue weighted by atomic mass is 19.4. The highest BCUT2D eigenvalue weighted by Crippen LogP contribution is 2.37. The van der Waals surface area contributed by atoms with Crippen LogP contribution in [0.3, 0.4) is 0 Å². The van der Waals surface area contributed by atoms with Gasteiger partial charge in [0.25, 0.3) is 0 Å². The molecule has 160 valence electrons. The van der Waals surface area contributed by atoms with Gasteiger partial charge in [0.1, 0.15) is 23.3 Å². The summed E-state index contributed by atoms with van der Waals surface area (Å²) in [6, 6.07) is 0.656. The molecule has 1 aliphatic heterocycles. The van der Waals surface area contributed by atoms with Crippen molar-refractivity contribution in [3.63, 3.8) is 0 Å². The number of amides is 1. The van der Waals surface area contributed by atoms with E-state index >= 15 is 0 Å². The van der Waals surface area contributed by atoms with E-state index in [2.05, 4.69) is 20.3 Å². The molecule has 7 nitrogen and oxygen atoms in total. The summed E-state index contributed by atoms with van der Waals surface area (Å²) in [4.78, 5) is 26.6. The normalized spacial score (nSPS) is 23.5. The van der Waals surface area contributed by atoms with Crippen LogP contribution in [0.25, 0.3) is 0 Å². The second-order valence-corrected chi connectivity index (χ2v) is 7.89. The molecule has 1 amide bonds. The van der Waals surface area contributed by atoms with Crippen LogP contribution in [-0.4, -0.2) is 40.1 Å². The maximum absolute atomic E-state index is 12.8. The summed E-state index contributed by atoms with van der Waals surface area (Å²) in [7, 11) is 1.83. The van der Waals surface area contributed by atoms with Crippen molar-refractivity contribution in [1.82, 2.24) is 15.0 Å². The SMILES string of the molecule is Cc1nc(CC2CC(Oc3cncc(C(F)(F)F)c3)C2)nc2c1NC(=O)[C@H](C)N2C. The van der Waals surface area contributed by atoms with Gasteiger partial charge in [-0.15, -0.1) is 0 Å². The number of fused-ring (bicyclic) bond motifs is 1. The number of ether oxygens (including phenoxy) is 1. The fourth-order valence-electron chi connectivity index (χ4n) is 3.72. The fourth-order valence-corrected chi connectivity index (χ4v) is 3.72. The summed E-state index contributed by atoms with van der Waals surface area (Å²) in [6.07, 6.45) is -0.458. The van der Waals surface area contributed by atoms with Gasteiger partial charge in [0, 0.05) is 19.7 Å². The molecule has 3 heterocycles. The van der Waals surface area contributed by atoms with E-state index in [9.17, 15) is 18.0 Å². The molecule has 0 aromatic carbocycles. The molecule has 2 aliphatic rings. The van der Waals surface area contributed by atoms with E-state index in [0.29, 0.717) is 42.3 Å². The van der Waals surface area contributed by atoms with Gasteiger partial charge in [-0.05, 0) is 38.7 Å². The standard InChI is InChI=1S/C20H22F3N5O2/c1-10-17-18(28(3)11(2)19(29)27-17)26-16(25-10)6-12-4-14(5-12)30-15-7-13(8-24-9-15)20(21,22)23/h7-9,11-12,14H,4-6H2,1-3H3,(H,27,29)/t11-,12?,14?/m0/s1. The van der Waals surface area contributed by atoms with Crippen LogP contribution in [0.5, 0.6) is 5.75 Å². The van der Waals surface area contributed by atoms with Gasteiger partial charge in [-0.25, -0.2) is 9.97 Å². The van der Waals surface area contributed by atoms with E-state index in [1.54, 1.807) is 0 Å². The molecule has 0 radical (unpaired) electrons. The van der Waals surface area contributed by atoms with Gasteiger partial charge >= 0.3 is 6.18 Å². The number of halogens is 3. The number of aryl methyl sites for hydroxylation is 1. The zero-order chi connectivity index (χ0) is 21.6. The van der Waals surface area contributed by atoms with Crippen molar-refractivity contribution in [2.24, 2.45) is 5.92 Å². The second-order valence-electron chi connectivity index (χ2n) is 7.89. The Morgan fingerprint density at radius 1 is 1.27 bits per heavy atom. The highest BCUT2D eigenvalue weighted by molar-refractivity contribution is 6.02. The van der Waals surface area contributed by atoms with E-state index < -0.39 is 11.7 Å². The predicted octanol–water partition coefficient (Wildman–Crippen LogP) is 3.38. The molecule has 4 rings (SSSR count). The summed E-state index contributed by atoms with van der Waals surface area (Å²) < 4.78 is 44.0. The zero-order valence-corrected chi connectivity index (χ0v) is 16.8. The van der Waals surface area contributed by atoms with Crippen molar-refractivity contribution in [2.75, 3.05) is 17.3 Å². The summed E-state index contributed by atoms with van der Waals surface area (Å²) in [6.45, 7) is 3.65. The van der Waals surface area contributed by atoms with Crippen LogP contribution < -0.4 is 15.0 Å². The lowest BCUT2D eigenvalue weighted by Gasteiger charge is -2.36. The molecule has 0 unspecified atom stereocenters. The van der Waals surface area contributed by atoms with E-state index in [1.807, 2.05) is 25.8 Å². The lowest BCUT2D eigenvalue weighted by molar-refractivity contribution is -0.138. The van der Waals surface area contributed by atoms with Crippen molar-refractivity contribution >= 4 is 17.4 Å². The monoisotopic (exact) mass is 421 g/mol. The highest BCUT2D eigenvalue weighted by Gasteiger charge is 2.35. The Labute approximate surface area is 171 Å². The number of hydrogen-bond donors (Lipinski definition) is 1. The molecule has 1 saturated carbocycles. The molecule has 2 aromatic rings. The third kappa shape index (κ3) is 3.90. The molecule has 10 heteroatoms. The van der Waals surface area contributed by atoms with Gasteiger partial charge in [0.15, 0.2) is 5.82 Å². The Hall–Kier alpha value is -2.91. The molecule has 0 spiro atoms. The van der Waals surface area contributed by atoms with Gasteiger partial charge in [0.2, 0.25) is 5.91 Å². The van der Waals surface area contributed by atoms with Crippen LogP contribution in [0, 0.1) is 12.8 Å². The summed E-state index contributed by atoms with van der Waals surface area (Å²) >= 11 is 0. The number of rotatable bonds is 4. The third-order valence-electron chi connectivity index (χ3n) is 5.67. The van der Waals surface area contributed by atoms with Gasteiger partial charge in [0.05, 0.1) is 23.6 Å². The van der Waals surface area contributed by atoms with E-state index in [-0.39, 0.29) is 29.7 Å². The smallest absolute Gasteiger partial charge is 0.418 e. The predicted molar refractivity (Wildman–Crippen MR) is 103 cm³/mol. The maximum Gasteiger partial charge on any atom is 0.418 e. The number of hydrogen-bond acceptors (Lipinski definition) is 6. The second kappa shape index (κ2) is 7.41. The number of aromatic nitrogens is 3. The van der Waals surface area contributed by atoms with Crippen LogP contribution >= 0.6 is 0 Å². The van der Waals surface area contributed by atoms with E-state index in [4.69, 9.17) is 4.74 Å². The molecular weight excluding hydrogens is 399 g/mol. The van der Waals surface area contributed by atoms with Crippen molar-refractivity contribution in [3.8, 4) is 5.75 Å². The van der Waals surface area contributed by atoms with Crippen molar-refractivity contribution < 1.29 is 22.7 Å². The van der Waals surface area contributed by atoms with Crippen molar-refractivity contribution in [3.05, 3.63) is 35.5 Å². The molecule has 0 saturated heterocycles. The number of nitrogens with zero attached hydrogens (tertiary/aromatic N) is 4. The number of anilines is 2. The first-order chi connectivity index (χ1) is 14.1. The number of pyridine rings is 1. The molecular formula is C20H22F3N5O2. The van der Waals surface area contributed by atoms with Crippen LogP contribution in [0.2, 0.25) is 0 Å². The summed E-state index contributed by atoms with van der Waals surface area (Å²) in [5.41, 5.74) is 0.528. The average Bonchev–Trinajstić information content (AvgIpc) is 2.65. The van der Waals surface area contributed by atoms with Crippen LogP contribution in [0.1, 0.15) is 36.8 Å². The largest absolute Gasteiger partial charge is 0.489 e. The fraction of sp³-hybridized carbons (Fsp3) is 0.500. The molecule has 2 aromatic heterocycles. The quantitative estimate of drug-likeness (QED) is 0.815. The molecule has 1 fully saturated rings. The summed E-state index contributed by atoms with van der Waals surface area (Å²) in [5, 5.41) is 2.85. The Kier molecular flexibility index (Phi) is 5.03. The Morgan fingerprint density at radius 2 is 2.00 bits per heavy atom. The first-order valence-electron chi connectivity index (χ1n) is 9.72. The third-order valence-corrected chi connectivity index (χ3v) is 5.67. The minimum absolute atomic E-state index is 0.0903. The van der Waals surface area contributed by atoms with E-state index in [0.717, 1.165) is 12.3 Å².